The number of aliphatic hydroxyl groups excluding tert-OH is 1. The quantitative estimate of drug-likeness (QED) is 0.266. The number of ketones is 1. The minimum absolute atomic E-state index is 0.127. The minimum Gasteiger partial charge on any atom is -0.507 e. The zero-order chi connectivity index (χ0) is 22.4. The van der Waals surface area contributed by atoms with Gasteiger partial charge in [0.1, 0.15) is 17.4 Å². The predicted molar refractivity (Wildman–Crippen MR) is 117 cm³/mol. The number of hydrogen-bond acceptors (Lipinski definition) is 5. The number of benzene rings is 3. The molecule has 0 radical (unpaired) electrons. The Morgan fingerprint density at radius 1 is 0.938 bits per heavy atom. The molecule has 8 heteroatoms. The molecule has 158 valence electrons. The molecule has 1 unspecified atom stereocenters. The third-order valence-electron chi connectivity index (χ3n) is 5.22. The Hall–Kier alpha value is -3.91. The Morgan fingerprint density at radius 2 is 1.62 bits per heavy atom. The molecule has 1 aromatic heterocycles. The van der Waals surface area contributed by atoms with E-state index in [9.17, 15) is 23.5 Å². The summed E-state index contributed by atoms with van der Waals surface area (Å²) in [6.07, 6.45) is 0. The molecule has 0 saturated carbocycles. The van der Waals surface area contributed by atoms with Gasteiger partial charge in [0.15, 0.2) is 5.13 Å². The zero-order valence-corrected chi connectivity index (χ0v) is 17.1. The normalized spacial score (nSPS) is 17.9. The van der Waals surface area contributed by atoms with E-state index in [0.717, 1.165) is 11.3 Å². The molecule has 1 aliphatic heterocycles. The Kier molecular flexibility index (Phi) is 4.79. The predicted octanol–water partition coefficient (Wildman–Crippen LogP) is 5.20. The van der Waals surface area contributed by atoms with Crippen LogP contribution in [0.2, 0.25) is 0 Å². The van der Waals surface area contributed by atoms with Gasteiger partial charge in [-0.1, -0.05) is 53.8 Å². The minimum atomic E-state index is -1.03. The first-order chi connectivity index (χ1) is 15.4. The molecule has 0 spiro atoms. The van der Waals surface area contributed by atoms with Crippen LogP contribution >= 0.6 is 11.3 Å². The number of carbonyl (C=O) groups is 2. The highest BCUT2D eigenvalue weighted by molar-refractivity contribution is 7.22. The molecule has 1 amide bonds. The van der Waals surface area contributed by atoms with E-state index in [-0.39, 0.29) is 16.5 Å². The van der Waals surface area contributed by atoms with Crippen molar-refractivity contribution in [2.24, 2.45) is 0 Å². The average Bonchev–Trinajstić information content (AvgIpc) is 3.32. The second-order valence-corrected chi connectivity index (χ2v) is 8.20. The maximum absolute atomic E-state index is 13.7. The van der Waals surface area contributed by atoms with Gasteiger partial charge in [0.05, 0.1) is 21.8 Å². The summed E-state index contributed by atoms with van der Waals surface area (Å²) in [6, 6.07) is 16.7. The molecule has 0 aliphatic carbocycles. The summed E-state index contributed by atoms with van der Waals surface area (Å²) in [5.74, 6) is -3.03. The summed E-state index contributed by atoms with van der Waals surface area (Å²) in [7, 11) is 0. The second-order valence-electron chi connectivity index (χ2n) is 7.20. The molecule has 1 fully saturated rings. The van der Waals surface area contributed by atoms with Crippen molar-refractivity contribution in [3.63, 3.8) is 0 Å². The second kappa shape index (κ2) is 7.65. The van der Waals surface area contributed by atoms with E-state index in [4.69, 9.17) is 0 Å². The first-order valence-corrected chi connectivity index (χ1v) is 10.4. The van der Waals surface area contributed by atoms with Crippen LogP contribution in [0.25, 0.3) is 16.0 Å². The monoisotopic (exact) mass is 448 g/mol. The number of thiazole rings is 1. The fraction of sp³-hybridized carbons (Fsp3) is 0.0417. The number of anilines is 1. The summed E-state index contributed by atoms with van der Waals surface area (Å²) in [5, 5.41) is 11.2. The molecule has 1 aliphatic rings. The molecule has 32 heavy (non-hydrogen) atoms. The third-order valence-corrected chi connectivity index (χ3v) is 6.24. The van der Waals surface area contributed by atoms with Gasteiger partial charge in [-0.05, 0) is 35.9 Å². The summed E-state index contributed by atoms with van der Waals surface area (Å²) >= 11 is 1.05. The molecular weight excluding hydrogens is 434 g/mol. The number of rotatable bonds is 3. The lowest BCUT2D eigenvalue weighted by molar-refractivity contribution is -0.132. The van der Waals surface area contributed by atoms with Crippen molar-refractivity contribution in [1.82, 2.24) is 4.98 Å². The van der Waals surface area contributed by atoms with Gasteiger partial charge in [-0.25, -0.2) is 13.8 Å². The number of amides is 1. The van der Waals surface area contributed by atoms with Gasteiger partial charge >= 0.3 is 5.91 Å². The molecule has 3 aromatic carbocycles. The summed E-state index contributed by atoms with van der Waals surface area (Å²) < 4.78 is 27.8. The van der Waals surface area contributed by atoms with Gasteiger partial charge in [0.2, 0.25) is 0 Å². The Balaban J connectivity index is 1.73. The number of hydrogen-bond donors (Lipinski definition) is 1. The average molecular weight is 448 g/mol. The van der Waals surface area contributed by atoms with Gasteiger partial charge in [-0.2, -0.15) is 0 Å². The van der Waals surface area contributed by atoms with Crippen LogP contribution in [0.15, 0.2) is 78.4 Å². The van der Waals surface area contributed by atoms with Gasteiger partial charge in [-0.3, -0.25) is 14.5 Å². The highest BCUT2D eigenvalue weighted by Crippen LogP contribution is 2.44. The van der Waals surface area contributed by atoms with Crippen LogP contribution in [-0.4, -0.2) is 21.8 Å². The smallest absolute Gasteiger partial charge is 0.301 e. The van der Waals surface area contributed by atoms with Crippen LogP contribution in [0.4, 0.5) is 13.9 Å². The first kappa shape index (κ1) is 20.0. The molecular formula is C24H14F2N2O3S. The van der Waals surface area contributed by atoms with E-state index in [0.29, 0.717) is 21.3 Å². The molecule has 5 nitrogen and oxygen atoms in total. The van der Waals surface area contributed by atoms with Crippen LogP contribution < -0.4 is 4.90 Å². The van der Waals surface area contributed by atoms with E-state index in [1.165, 1.54) is 47.4 Å². The summed E-state index contributed by atoms with van der Waals surface area (Å²) in [6.45, 7) is 0. The van der Waals surface area contributed by atoms with Crippen molar-refractivity contribution in [2.75, 3.05) is 4.90 Å². The van der Waals surface area contributed by atoms with Gasteiger partial charge < -0.3 is 5.11 Å². The first-order valence-electron chi connectivity index (χ1n) is 9.62. The lowest BCUT2D eigenvalue weighted by Crippen LogP contribution is -2.29. The lowest BCUT2D eigenvalue weighted by atomic mass is 9.95. The maximum atomic E-state index is 13.7. The molecule has 4 aromatic rings. The Labute approximate surface area is 184 Å². The SMILES string of the molecule is O=C1C(=O)N(c2nc3ccc(F)cc3s2)C(c2ccc(F)cc2)/C1=C(\O)c1ccccc1. The number of Topliss-reactive ketones (excluding diaryl/α,β-unsaturated/α-hetero) is 1. The number of aromatic nitrogens is 1. The Morgan fingerprint density at radius 3 is 2.34 bits per heavy atom. The topological polar surface area (TPSA) is 70.5 Å². The molecule has 2 heterocycles. The van der Waals surface area contributed by atoms with Crippen LogP contribution in [0.1, 0.15) is 17.2 Å². The van der Waals surface area contributed by atoms with Crippen molar-refractivity contribution in [3.8, 4) is 0 Å². The van der Waals surface area contributed by atoms with Crippen molar-refractivity contribution in [2.45, 2.75) is 6.04 Å². The number of halogens is 2. The van der Waals surface area contributed by atoms with Crippen LogP contribution in [-0.2, 0) is 9.59 Å². The largest absolute Gasteiger partial charge is 0.507 e. The lowest BCUT2D eigenvalue weighted by Gasteiger charge is -2.22. The maximum Gasteiger partial charge on any atom is 0.301 e. The van der Waals surface area contributed by atoms with Crippen molar-refractivity contribution < 1.29 is 23.5 Å². The molecule has 0 bridgehead atoms. The van der Waals surface area contributed by atoms with Gasteiger partial charge in [0, 0.05) is 5.56 Å². The van der Waals surface area contributed by atoms with E-state index in [2.05, 4.69) is 4.98 Å². The highest BCUT2D eigenvalue weighted by atomic mass is 32.1. The van der Waals surface area contributed by atoms with Crippen molar-refractivity contribution in [3.05, 3.63) is 101 Å². The third kappa shape index (κ3) is 3.25. The number of aliphatic hydroxyl groups is 1. The van der Waals surface area contributed by atoms with E-state index in [1.807, 2.05) is 0 Å². The van der Waals surface area contributed by atoms with Crippen LogP contribution in [0.3, 0.4) is 0 Å². The summed E-state index contributed by atoms with van der Waals surface area (Å²) in [4.78, 5) is 31.7. The zero-order valence-electron chi connectivity index (χ0n) is 16.3. The van der Waals surface area contributed by atoms with E-state index in [1.54, 1.807) is 30.3 Å². The highest BCUT2D eigenvalue weighted by Gasteiger charge is 2.48. The molecule has 1 saturated heterocycles. The van der Waals surface area contributed by atoms with Crippen LogP contribution in [0.5, 0.6) is 0 Å². The number of carbonyl (C=O) groups excluding carboxylic acids is 2. The Bertz CT molecular complexity index is 1400. The number of fused-ring (bicyclic) bond motifs is 1. The van der Waals surface area contributed by atoms with E-state index >= 15 is 0 Å². The standard InChI is InChI=1S/C24H14F2N2O3S/c25-15-8-6-13(7-9-15)20-19(21(29)14-4-2-1-3-5-14)22(30)23(31)28(20)24-27-17-11-10-16(26)12-18(17)32-24/h1-12,20,29H/b21-19+. The molecule has 5 rings (SSSR count). The van der Waals surface area contributed by atoms with Crippen LogP contribution in [0, 0.1) is 11.6 Å². The van der Waals surface area contributed by atoms with E-state index < -0.39 is 29.4 Å². The van der Waals surface area contributed by atoms with Gasteiger partial charge in [0.25, 0.3) is 5.78 Å². The fourth-order valence-electron chi connectivity index (χ4n) is 3.73. The van der Waals surface area contributed by atoms with Crippen molar-refractivity contribution >= 4 is 44.1 Å². The summed E-state index contributed by atoms with van der Waals surface area (Å²) in [5.41, 5.74) is 1.13. The number of nitrogens with zero attached hydrogens (tertiary/aromatic N) is 2. The van der Waals surface area contributed by atoms with Crippen molar-refractivity contribution in [1.29, 1.82) is 0 Å². The fourth-order valence-corrected chi connectivity index (χ4v) is 4.75. The molecule has 1 N–H and O–H groups in total. The van der Waals surface area contributed by atoms with Gasteiger partial charge in [-0.15, -0.1) is 0 Å². The molecule has 1 atom stereocenters.